The van der Waals surface area contributed by atoms with E-state index in [1.165, 1.54) is 11.0 Å². The smallest absolute Gasteiger partial charge is 0.254 e. The monoisotopic (exact) mass is 534 g/mol. The lowest BCUT2D eigenvalue weighted by Gasteiger charge is -2.36. The Morgan fingerprint density at radius 1 is 1.11 bits per heavy atom. The maximum absolute atomic E-state index is 13.5. The van der Waals surface area contributed by atoms with Crippen LogP contribution in [0.15, 0.2) is 47.0 Å². The highest BCUT2D eigenvalue weighted by molar-refractivity contribution is 6.42. The highest BCUT2D eigenvalue weighted by Gasteiger charge is 2.34. The molecule has 1 aliphatic rings. The van der Waals surface area contributed by atoms with Gasteiger partial charge in [0.2, 0.25) is 17.6 Å². The van der Waals surface area contributed by atoms with E-state index in [1.54, 1.807) is 29.2 Å². The Hall–Kier alpha value is -2.61. The first-order valence-corrected chi connectivity index (χ1v) is 12.5. The zero-order valence-corrected chi connectivity index (χ0v) is 21.6. The molecular formula is C25H25Cl3N4O3. The van der Waals surface area contributed by atoms with Crippen LogP contribution in [-0.2, 0) is 4.79 Å². The number of hydrogen-bond acceptors (Lipinski definition) is 5. The second kappa shape index (κ2) is 11.0. The molecule has 1 aromatic heterocycles. The predicted molar refractivity (Wildman–Crippen MR) is 136 cm³/mol. The molecule has 35 heavy (non-hydrogen) atoms. The number of piperidine rings is 1. The molecule has 0 radical (unpaired) electrons. The van der Waals surface area contributed by atoms with E-state index in [1.807, 2.05) is 26.0 Å². The molecule has 1 atom stereocenters. The third kappa shape index (κ3) is 5.80. The lowest BCUT2D eigenvalue weighted by Crippen LogP contribution is -2.48. The average Bonchev–Trinajstić information content (AvgIpc) is 3.34. The molecule has 10 heteroatoms. The van der Waals surface area contributed by atoms with E-state index in [-0.39, 0.29) is 35.5 Å². The van der Waals surface area contributed by atoms with Crippen molar-refractivity contribution in [2.45, 2.75) is 45.2 Å². The zero-order chi connectivity index (χ0) is 25.1. The Balaban J connectivity index is 1.53. The highest BCUT2D eigenvalue weighted by atomic mass is 35.5. The number of carbonyl (C=O) groups excluding carboxylic acids is 2. The van der Waals surface area contributed by atoms with Crippen molar-refractivity contribution in [2.24, 2.45) is 0 Å². The van der Waals surface area contributed by atoms with Gasteiger partial charge in [-0.1, -0.05) is 52.1 Å². The zero-order valence-electron chi connectivity index (χ0n) is 19.4. The molecular weight excluding hydrogens is 511 g/mol. The summed E-state index contributed by atoms with van der Waals surface area (Å²) >= 11 is 18.2. The lowest BCUT2D eigenvalue weighted by atomic mass is 10.0. The number of aromatic nitrogens is 2. The van der Waals surface area contributed by atoms with E-state index in [0.29, 0.717) is 40.3 Å². The first kappa shape index (κ1) is 25.5. The molecule has 4 rings (SSSR count). The molecule has 1 unspecified atom stereocenters. The fourth-order valence-corrected chi connectivity index (χ4v) is 4.61. The highest BCUT2D eigenvalue weighted by Crippen LogP contribution is 2.32. The molecule has 0 bridgehead atoms. The number of carbonyl (C=O) groups is 2. The van der Waals surface area contributed by atoms with E-state index in [9.17, 15) is 9.59 Å². The fraction of sp³-hybridized carbons (Fsp3) is 0.360. The summed E-state index contributed by atoms with van der Waals surface area (Å²) in [4.78, 5) is 34.5. The van der Waals surface area contributed by atoms with Crippen LogP contribution >= 0.6 is 34.8 Å². The number of benzene rings is 2. The number of hydrogen-bond donors (Lipinski definition) is 0. The molecule has 1 fully saturated rings. The molecule has 0 aliphatic carbocycles. The Kier molecular flexibility index (Phi) is 7.99. The van der Waals surface area contributed by atoms with Crippen LogP contribution in [0.4, 0.5) is 0 Å². The normalized spacial score (nSPS) is 15.9. The fourth-order valence-electron chi connectivity index (χ4n) is 4.12. The SMILES string of the molecule is CC(C)N(CC(=O)N1CCCCC1c1nc(-c2cccc(Cl)c2)no1)C(=O)c1ccc(Cl)c(Cl)c1. The molecule has 2 aromatic carbocycles. The van der Waals surface area contributed by atoms with Crippen LogP contribution in [0, 0.1) is 0 Å². The summed E-state index contributed by atoms with van der Waals surface area (Å²) in [5.74, 6) is 0.319. The second-order valence-electron chi connectivity index (χ2n) is 8.72. The number of rotatable bonds is 6. The van der Waals surface area contributed by atoms with Gasteiger partial charge in [0.25, 0.3) is 5.91 Å². The minimum Gasteiger partial charge on any atom is -0.337 e. The van der Waals surface area contributed by atoms with Crippen molar-refractivity contribution in [2.75, 3.05) is 13.1 Å². The Morgan fingerprint density at radius 2 is 1.91 bits per heavy atom. The number of halogens is 3. The average molecular weight is 536 g/mol. The van der Waals surface area contributed by atoms with Crippen molar-refractivity contribution in [3.8, 4) is 11.4 Å². The van der Waals surface area contributed by atoms with Crippen molar-refractivity contribution >= 4 is 46.6 Å². The van der Waals surface area contributed by atoms with E-state index in [2.05, 4.69) is 10.1 Å². The van der Waals surface area contributed by atoms with Gasteiger partial charge >= 0.3 is 0 Å². The van der Waals surface area contributed by atoms with E-state index < -0.39 is 0 Å². The van der Waals surface area contributed by atoms with Gasteiger partial charge in [-0.05, 0) is 63.4 Å². The summed E-state index contributed by atoms with van der Waals surface area (Å²) in [6.45, 7) is 4.20. The van der Waals surface area contributed by atoms with Gasteiger partial charge in [0, 0.05) is 28.7 Å². The van der Waals surface area contributed by atoms with Crippen molar-refractivity contribution in [1.82, 2.24) is 19.9 Å². The predicted octanol–water partition coefficient (Wildman–Crippen LogP) is 6.30. The van der Waals surface area contributed by atoms with E-state index >= 15 is 0 Å². The van der Waals surface area contributed by atoms with Gasteiger partial charge < -0.3 is 14.3 Å². The first-order valence-electron chi connectivity index (χ1n) is 11.4. The molecule has 2 heterocycles. The van der Waals surface area contributed by atoms with Crippen LogP contribution in [0.25, 0.3) is 11.4 Å². The van der Waals surface area contributed by atoms with Crippen LogP contribution in [0.5, 0.6) is 0 Å². The van der Waals surface area contributed by atoms with Crippen LogP contribution in [0.2, 0.25) is 15.1 Å². The van der Waals surface area contributed by atoms with Gasteiger partial charge in [-0.3, -0.25) is 9.59 Å². The van der Waals surface area contributed by atoms with Crippen LogP contribution in [0.3, 0.4) is 0 Å². The number of amides is 2. The number of likely N-dealkylation sites (tertiary alicyclic amines) is 1. The quantitative estimate of drug-likeness (QED) is 0.370. The minimum atomic E-state index is -0.356. The molecule has 1 saturated heterocycles. The second-order valence-corrected chi connectivity index (χ2v) is 9.97. The van der Waals surface area contributed by atoms with Crippen molar-refractivity contribution in [1.29, 1.82) is 0 Å². The van der Waals surface area contributed by atoms with Gasteiger partial charge in [0.15, 0.2) is 0 Å². The third-order valence-electron chi connectivity index (χ3n) is 5.99. The molecule has 1 aliphatic heterocycles. The van der Waals surface area contributed by atoms with Crippen molar-refractivity contribution in [3.05, 3.63) is 69.0 Å². The van der Waals surface area contributed by atoms with Gasteiger partial charge in [-0.2, -0.15) is 4.98 Å². The van der Waals surface area contributed by atoms with Gasteiger partial charge in [0.1, 0.15) is 12.6 Å². The Morgan fingerprint density at radius 3 is 2.63 bits per heavy atom. The third-order valence-corrected chi connectivity index (χ3v) is 6.96. The van der Waals surface area contributed by atoms with Gasteiger partial charge in [-0.25, -0.2) is 0 Å². The number of nitrogens with zero attached hydrogens (tertiary/aromatic N) is 4. The minimum absolute atomic E-state index is 0.0808. The molecule has 0 saturated carbocycles. The summed E-state index contributed by atoms with van der Waals surface area (Å²) in [7, 11) is 0. The molecule has 184 valence electrons. The lowest BCUT2D eigenvalue weighted by molar-refractivity contribution is -0.136. The summed E-state index contributed by atoms with van der Waals surface area (Å²) in [5, 5.41) is 5.32. The summed E-state index contributed by atoms with van der Waals surface area (Å²) in [6, 6.07) is 11.3. The Labute approximate surface area is 218 Å². The molecule has 3 aromatic rings. The summed E-state index contributed by atoms with van der Waals surface area (Å²) in [5.41, 5.74) is 1.11. The maximum atomic E-state index is 13.5. The van der Waals surface area contributed by atoms with Gasteiger partial charge in [0.05, 0.1) is 10.0 Å². The molecule has 0 spiro atoms. The maximum Gasteiger partial charge on any atom is 0.254 e. The molecule has 7 nitrogen and oxygen atoms in total. The largest absolute Gasteiger partial charge is 0.337 e. The molecule has 2 amide bonds. The topological polar surface area (TPSA) is 79.5 Å². The summed E-state index contributed by atoms with van der Waals surface area (Å²) in [6.07, 6.45) is 2.49. The van der Waals surface area contributed by atoms with E-state index in [4.69, 9.17) is 39.3 Å². The van der Waals surface area contributed by atoms with Crippen molar-refractivity contribution < 1.29 is 14.1 Å². The van der Waals surface area contributed by atoms with E-state index in [0.717, 1.165) is 18.4 Å². The van der Waals surface area contributed by atoms with Crippen LogP contribution < -0.4 is 0 Å². The van der Waals surface area contributed by atoms with Crippen LogP contribution in [0.1, 0.15) is 55.4 Å². The van der Waals surface area contributed by atoms with Gasteiger partial charge in [-0.15, -0.1) is 0 Å². The molecule has 0 N–H and O–H groups in total. The Bertz CT molecular complexity index is 1230. The van der Waals surface area contributed by atoms with Crippen LogP contribution in [-0.4, -0.2) is 50.9 Å². The summed E-state index contributed by atoms with van der Waals surface area (Å²) < 4.78 is 5.57. The van der Waals surface area contributed by atoms with Crippen molar-refractivity contribution in [3.63, 3.8) is 0 Å². The first-order chi connectivity index (χ1) is 16.7. The standard InChI is InChI=1S/C25H25Cl3N4O3/c1-15(2)32(25(34)17-9-10-19(27)20(28)13-17)14-22(33)31-11-4-3-8-21(31)24-29-23(30-35-24)16-6-5-7-18(26)12-16/h5-7,9-10,12-13,15,21H,3-4,8,11,14H2,1-2H3.